The number of aryl methyl sites for hydroxylation is 1. The number of hydrogen-bond donors (Lipinski definition) is 0. The van der Waals surface area contributed by atoms with Crippen molar-refractivity contribution in [3.8, 4) is 17.2 Å². The summed E-state index contributed by atoms with van der Waals surface area (Å²) in [5.74, 6) is -0.0947. The highest BCUT2D eigenvalue weighted by Gasteiger charge is 2.55. The van der Waals surface area contributed by atoms with Gasteiger partial charge in [0.05, 0.1) is 21.3 Å². The minimum absolute atomic E-state index is 0.0460. The normalized spacial score (nSPS) is 17.0. The Balaban J connectivity index is 1.47. The lowest BCUT2D eigenvalue weighted by Crippen LogP contribution is -2.47. The average molecular weight is 640 g/mol. The van der Waals surface area contributed by atoms with Gasteiger partial charge in [0.15, 0.2) is 0 Å². The van der Waals surface area contributed by atoms with Crippen molar-refractivity contribution in [2.45, 2.75) is 39.0 Å². The number of benzene rings is 5. The van der Waals surface area contributed by atoms with Crippen LogP contribution in [0.3, 0.4) is 0 Å². The van der Waals surface area contributed by atoms with E-state index >= 15 is 0 Å². The molecule has 2 bridgehead atoms. The predicted molar refractivity (Wildman–Crippen MR) is 180 cm³/mol. The fraction of sp³-hybridized carbons (Fsp3) is 0.200. The van der Waals surface area contributed by atoms with Gasteiger partial charge in [-0.2, -0.15) is 0 Å². The minimum Gasteiger partial charge on any atom is -0.492 e. The highest BCUT2D eigenvalue weighted by Crippen LogP contribution is 2.63. The number of rotatable bonds is 7. The second-order valence-corrected chi connectivity index (χ2v) is 13.3. The lowest BCUT2D eigenvalue weighted by Gasteiger charge is -2.50. The molecular weight excluding hydrogens is 606 g/mol. The highest BCUT2D eigenvalue weighted by molar-refractivity contribution is 5.92. The number of non-ortho nitro benzene ring substituents is 1. The molecule has 5 aromatic rings. The van der Waals surface area contributed by atoms with E-state index in [4.69, 9.17) is 14.2 Å². The van der Waals surface area contributed by atoms with Gasteiger partial charge in [0.2, 0.25) is 0 Å². The predicted octanol–water partition coefficient (Wildman–Crippen LogP) is 8.29. The molecule has 0 N–H and O–H groups in total. The first-order chi connectivity index (χ1) is 23.0. The van der Waals surface area contributed by atoms with E-state index in [9.17, 15) is 19.7 Å². The Kier molecular flexibility index (Phi) is 7.39. The zero-order chi connectivity index (χ0) is 33.8. The van der Waals surface area contributed by atoms with Crippen molar-refractivity contribution in [3.05, 3.63) is 164 Å². The van der Waals surface area contributed by atoms with Gasteiger partial charge < -0.3 is 14.2 Å². The van der Waals surface area contributed by atoms with Crippen LogP contribution in [-0.2, 0) is 10.2 Å². The van der Waals surface area contributed by atoms with Crippen LogP contribution in [0.15, 0.2) is 109 Å². The van der Waals surface area contributed by atoms with Crippen molar-refractivity contribution in [1.82, 2.24) is 0 Å². The molecule has 240 valence electrons. The maximum absolute atomic E-state index is 13.7. The number of hydrogen-bond acceptors (Lipinski definition) is 7. The fourth-order valence-corrected chi connectivity index (χ4v) is 6.83. The van der Waals surface area contributed by atoms with Crippen LogP contribution in [0, 0.1) is 22.5 Å². The largest absolute Gasteiger partial charge is 0.492 e. The molecule has 8 rings (SSSR count). The van der Waals surface area contributed by atoms with Gasteiger partial charge in [-0.15, -0.1) is 0 Å². The minimum atomic E-state index is -1.02. The Morgan fingerprint density at radius 3 is 1.94 bits per heavy atom. The van der Waals surface area contributed by atoms with Gasteiger partial charge in [-0.3, -0.25) is 14.9 Å². The third-order valence-corrected chi connectivity index (χ3v) is 9.15. The number of ether oxygens (including phenoxy) is 3. The molecule has 3 aliphatic rings. The SMILES string of the molecule is Cc1ccc(C(=O)Oc2ccc(OC(=O)C(C)(C)C)c3c2C2(COc4ccc([N+](=O)[O-])cc4)c4ccccc4C3c3ccccc32)cc1. The first-order valence-corrected chi connectivity index (χ1v) is 15.7. The van der Waals surface area contributed by atoms with Crippen molar-refractivity contribution in [2.24, 2.45) is 5.41 Å². The van der Waals surface area contributed by atoms with Crippen molar-refractivity contribution in [2.75, 3.05) is 6.61 Å². The summed E-state index contributed by atoms with van der Waals surface area (Å²) in [5.41, 5.74) is 4.95. The van der Waals surface area contributed by atoms with Crippen LogP contribution in [0.1, 0.15) is 76.0 Å². The molecule has 0 amide bonds. The maximum atomic E-state index is 13.7. The van der Waals surface area contributed by atoms with Crippen molar-refractivity contribution in [3.63, 3.8) is 0 Å². The molecule has 0 heterocycles. The van der Waals surface area contributed by atoms with Crippen molar-refractivity contribution in [1.29, 1.82) is 0 Å². The molecule has 0 spiro atoms. The summed E-state index contributed by atoms with van der Waals surface area (Å²) in [4.78, 5) is 37.9. The summed E-state index contributed by atoms with van der Waals surface area (Å²) in [7, 11) is 0. The number of esters is 2. The van der Waals surface area contributed by atoms with Gasteiger partial charge in [-0.1, -0.05) is 66.2 Å². The second kappa shape index (κ2) is 11.5. The van der Waals surface area contributed by atoms with Gasteiger partial charge >= 0.3 is 11.9 Å². The molecule has 0 saturated carbocycles. The number of carbonyl (C=O) groups is 2. The molecule has 8 heteroatoms. The molecule has 3 aliphatic carbocycles. The third-order valence-electron chi connectivity index (χ3n) is 9.15. The number of nitro benzene ring substituents is 1. The number of carbonyl (C=O) groups excluding carboxylic acids is 2. The summed E-state index contributed by atoms with van der Waals surface area (Å²) in [6.07, 6.45) is 0. The first kappa shape index (κ1) is 30.9. The molecule has 0 radical (unpaired) electrons. The lowest BCUT2D eigenvalue weighted by atomic mass is 9.53. The summed E-state index contributed by atoms with van der Waals surface area (Å²) in [6, 6.07) is 32.7. The molecule has 48 heavy (non-hydrogen) atoms. The molecule has 0 aliphatic heterocycles. The van der Waals surface area contributed by atoms with E-state index in [1.807, 2.05) is 43.3 Å². The van der Waals surface area contributed by atoms with Gasteiger partial charge in [0, 0.05) is 29.2 Å². The molecular formula is C40H33NO7. The molecule has 0 unspecified atom stereocenters. The van der Waals surface area contributed by atoms with Crippen LogP contribution in [0.25, 0.3) is 0 Å². The zero-order valence-corrected chi connectivity index (χ0v) is 27.0. The fourth-order valence-electron chi connectivity index (χ4n) is 6.83. The van der Waals surface area contributed by atoms with Crippen LogP contribution >= 0.6 is 0 Å². The van der Waals surface area contributed by atoms with E-state index in [1.165, 1.54) is 12.1 Å². The Morgan fingerprint density at radius 2 is 1.35 bits per heavy atom. The molecule has 0 fully saturated rings. The quantitative estimate of drug-likeness (QED) is 0.0764. The third kappa shape index (κ3) is 5.01. The van der Waals surface area contributed by atoms with Crippen molar-refractivity contribution < 1.29 is 28.7 Å². The topological polar surface area (TPSA) is 105 Å². The Morgan fingerprint density at radius 1 is 0.771 bits per heavy atom. The van der Waals surface area contributed by atoms with Crippen molar-refractivity contribution >= 4 is 17.6 Å². The Bertz CT molecular complexity index is 2040. The molecule has 8 nitrogen and oxygen atoms in total. The van der Waals surface area contributed by atoms with Crippen LogP contribution in [0.2, 0.25) is 0 Å². The van der Waals surface area contributed by atoms with Gasteiger partial charge in [0.1, 0.15) is 23.9 Å². The maximum Gasteiger partial charge on any atom is 0.343 e. The van der Waals surface area contributed by atoms with E-state index in [0.29, 0.717) is 28.4 Å². The molecule has 0 atom stereocenters. The van der Waals surface area contributed by atoms with E-state index in [2.05, 4.69) is 24.3 Å². The van der Waals surface area contributed by atoms with Crippen LogP contribution in [0.5, 0.6) is 17.2 Å². The lowest BCUT2D eigenvalue weighted by molar-refractivity contribution is -0.384. The monoisotopic (exact) mass is 639 g/mol. The number of nitro groups is 1. The Labute approximate surface area is 278 Å². The van der Waals surface area contributed by atoms with Gasteiger partial charge in [-0.25, -0.2) is 4.79 Å². The summed E-state index contributed by atoms with van der Waals surface area (Å²) in [6.45, 7) is 7.41. The first-order valence-electron chi connectivity index (χ1n) is 15.7. The smallest absolute Gasteiger partial charge is 0.343 e. The van der Waals surface area contributed by atoms with Gasteiger partial charge in [0.25, 0.3) is 5.69 Å². The highest BCUT2D eigenvalue weighted by atomic mass is 16.6. The van der Waals surface area contributed by atoms with Gasteiger partial charge in [-0.05, 0) is 86.3 Å². The summed E-state index contributed by atoms with van der Waals surface area (Å²) in [5, 5.41) is 11.3. The number of nitrogens with zero attached hydrogens (tertiary/aromatic N) is 1. The van der Waals surface area contributed by atoms with E-state index in [-0.39, 0.29) is 18.2 Å². The van der Waals surface area contributed by atoms with Crippen LogP contribution < -0.4 is 14.2 Å². The standard InChI is InChI=1S/C40H33NO7/c1-24-13-15-25(16-14-24)37(42)47-33-22-21-32(48-38(43)39(2,3)4)35-34-28-9-5-7-11-30(28)40(36(33)35,31-12-8-6-10-29(31)34)23-46-27-19-17-26(18-20-27)41(44)45/h5-22,34H,23H2,1-4H3. The second-order valence-electron chi connectivity index (χ2n) is 13.3. The van der Waals surface area contributed by atoms with Crippen LogP contribution in [-0.4, -0.2) is 23.5 Å². The summed E-state index contributed by atoms with van der Waals surface area (Å²) < 4.78 is 19.0. The zero-order valence-electron chi connectivity index (χ0n) is 27.0. The van der Waals surface area contributed by atoms with E-state index in [1.54, 1.807) is 57.2 Å². The summed E-state index contributed by atoms with van der Waals surface area (Å²) >= 11 is 0. The van der Waals surface area contributed by atoms with E-state index < -0.39 is 27.7 Å². The molecule has 5 aromatic carbocycles. The van der Waals surface area contributed by atoms with Crippen LogP contribution in [0.4, 0.5) is 5.69 Å². The van der Waals surface area contributed by atoms with E-state index in [0.717, 1.165) is 33.4 Å². The molecule has 0 aromatic heterocycles. The Hall–Kier alpha value is -5.76. The molecule has 0 saturated heterocycles. The average Bonchev–Trinajstić information content (AvgIpc) is 3.08.